The SMILES string of the molecule is CSc1nccn1-c1ccc(C(=O)NC[C@H](C)N(C)c2ccccc2)cc1. The molecule has 27 heavy (non-hydrogen) atoms. The molecule has 0 aliphatic heterocycles. The van der Waals surface area contributed by atoms with Gasteiger partial charge in [-0.25, -0.2) is 4.98 Å². The second kappa shape index (κ2) is 8.77. The highest BCUT2D eigenvalue weighted by molar-refractivity contribution is 7.98. The van der Waals surface area contributed by atoms with E-state index in [-0.39, 0.29) is 11.9 Å². The van der Waals surface area contributed by atoms with Crippen LogP contribution in [0.2, 0.25) is 0 Å². The van der Waals surface area contributed by atoms with E-state index < -0.39 is 0 Å². The number of nitrogens with one attached hydrogen (secondary N) is 1. The molecule has 3 aromatic rings. The Kier molecular flexibility index (Phi) is 6.19. The van der Waals surface area contributed by atoms with Gasteiger partial charge in [-0.05, 0) is 49.6 Å². The molecule has 0 saturated heterocycles. The highest BCUT2D eigenvalue weighted by Crippen LogP contribution is 2.18. The van der Waals surface area contributed by atoms with Crippen molar-refractivity contribution in [2.45, 2.75) is 18.1 Å². The molecule has 0 unspecified atom stereocenters. The third kappa shape index (κ3) is 4.52. The molecule has 0 spiro atoms. The van der Waals surface area contributed by atoms with Crippen molar-refractivity contribution in [3.05, 3.63) is 72.6 Å². The van der Waals surface area contributed by atoms with Crippen LogP contribution in [0.4, 0.5) is 5.69 Å². The lowest BCUT2D eigenvalue weighted by Crippen LogP contribution is -2.40. The van der Waals surface area contributed by atoms with Gasteiger partial charge in [0, 0.05) is 49.0 Å². The second-order valence-electron chi connectivity index (χ2n) is 6.34. The van der Waals surface area contributed by atoms with Crippen LogP contribution in [-0.2, 0) is 0 Å². The van der Waals surface area contributed by atoms with E-state index in [2.05, 4.69) is 34.3 Å². The predicted molar refractivity (Wildman–Crippen MR) is 112 cm³/mol. The van der Waals surface area contributed by atoms with Gasteiger partial charge in [0.05, 0.1) is 0 Å². The first-order valence-electron chi connectivity index (χ1n) is 8.84. The second-order valence-corrected chi connectivity index (χ2v) is 7.11. The number of nitrogens with zero attached hydrogens (tertiary/aromatic N) is 3. The Bertz CT molecular complexity index is 877. The first-order chi connectivity index (χ1) is 13.1. The van der Waals surface area contributed by atoms with Crippen molar-refractivity contribution in [2.24, 2.45) is 0 Å². The molecule has 1 N–H and O–H groups in total. The summed E-state index contributed by atoms with van der Waals surface area (Å²) in [5, 5.41) is 3.94. The maximum absolute atomic E-state index is 12.5. The van der Waals surface area contributed by atoms with Crippen LogP contribution in [0.15, 0.2) is 72.1 Å². The van der Waals surface area contributed by atoms with E-state index in [1.807, 2.05) is 66.5 Å². The summed E-state index contributed by atoms with van der Waals surface area (Å²) in [4.78, 5) is 18.9. The number of aromatic nitrogens is 2. The summed E-state index contributed by atoms with van der Waals surface area (Å²) >= 11 is 1.59. The first-order valence-corrected chi connectivity index (χ1v) is 10.1. The van der Waals surface area contributed by atoms with Crippen molar-refractivity contribution >= 4 is 23.4 Å². The molecule has 0 saturated carbocycles. The molecule has 6 heteroatoms. The minimum absolute atomic E-state index is 0.0643. The summed E-state index contributed by atoms with van der Waals surface area (Å²) in [6.07, 6.45) is 5.69. The summed E-state index contributed by atoms with van der Waals surface area (Å²) in [5.41, 5.74) is 2.78. The van der Waals surface area contributed by atoms with Gasteiger partial charge in [-0.3, -0.25) is 9.36 Å². The van der Waals surface area contributed by atoms with Gasteiger partial charge in [0.2, 0.25) is 0 Å². The average molecular weight is 381 g/mol. The minimum Gasteiger partial charge on any atom is -0.370 e. The Morgan fingerprint density at radius 1 is 1.19 bits per heavy atom. The lowest BCUT2D eigenvalue weighted by molar-refractivity contribution is 0.0951. The van der Waals surface area contributed by atoms with Gasteiger partial charge >= 0.3 is 0 Å². The molecule has 0 aliphatic rings. The van der Waals surface area contributed by atoms with E-state index in [0.717, 1.165) is 16.5 Å². The lowest BCUT2D eigenvalue weighted by atomic mass is 10.2. The summed E-state index contributed by atoms with van der Waals surface area (Å²) in [5.74, 6) is -0.0643. The van der Waals surface area contributed by atoms with E-state index in [4.69, 9.17) is 0 Å². The number of hydrogen-bond donors (Lipinski definition) is 1. The van der Waals surface area contributed by atoms with Crippen LogP contribution in [0.3, 0.4) is 0 Å². The maximum atomic E-state index is 12.5. The fraction of sp³-hybridized carbons (Fsp3) is 0.238. The van der Waals surface area contributed by atoms with Crippen LogP contribution < -0.4 is 10.2 Å². The molecular weight excluding hydrogens is 356 g/mol. The number of hydrogen-bond acceptors (Lipinski definition) is 4. The Morgan fingerprint density at radius 3 is 2.56 bits per heavy atom. The van der Waals surface area contributed by atoms with Crippen molar-refractivity contribution in [1.82, 2.24) is 14.9 Å². The minimum atomic E-state index is -0.0643. The normalized spacial score (nSPS) is 11.8. The van der Waals surface area contributed by atoms with Crippen molar-refractivity contribution in [3.63, 3.8) is 0 Å². The van der Waals surface area contributed by atoms with E-state index >= 15 is 0 Å². The van der Waals surface area contributed by atoms with Gasteiger partial charge in [0.15, 0.2) is 5.16 Å². The van der Waals surface area contributed by atoms with Crippen LogP contribution in [-0.4, -0.2) is 41.3 Å². The molecule has 3 rings (SSSR count). The summed E-state index contributed by atoms with van der Waals surface area (Å²) in [7, 11) is 2.04. The van der Waals surface area contributed by atoms with Crippen molar-refractivity contribution < 1.29 is 4.79 Å². The topological polar surface area (TPSA) is 50.2 Å². The van der Waals surface area contributed by atoms with Crippen molar-refractivity contribution in [3.8, 4) is 5.69 Å². The number of anilines is 1. The fourth-order valence-electron chi connectivity index (χ4n) is 2.81. The van der Waals surface area contributed by atoms with Gasteiger partial charge in [-0.2, -0.15) is 0 Å². The zero-order valence-corrected chi connectivity index (χ0v) is 16.6. The monoisotopic (exact) mass is 380 g/mol. The van der Waals surface area contributed by atoms with Crippen LogP contribution in [0.1, 0.15) is 17.3 Å². The Balaban J connectivity index is 1.60. The average Bonchev–Trinajstić information content (AvgIpc) is 3.20. The molecule has 1 atom stereocenters. The number of rotatable bonds is 7. The largest absolute Gasteiger partial charge is 0.370 e. The number of likely N-dealkylation sites (N-methyl/N-ethyl adjacent to an activating group) is 1. The van der Waals surface area contributed by atoms with Crippen LogP contribution in [0.5, 0.6) is 0 Å². The Morgan fingerprint density at radius 2 is 1.89 bits per heavy atom. The van der Waals surface area contributed by atoms with Crippen LogP contribution in [0.25, 0.3) is 5.69 Å². The number of imidazole rings is 1. The standard InChI is InChI=1S/C21H24N4OS/c1-16(24(2)18-7-5-4-6-8-18)15-23-20(26)17-9-11-19(12-10-17)25-14-13-22-21(25)27-3/h4-14,16H,15H2,1-3H3,(H,23,26)/t16-/m0/s1. The van der Waals surface area contributed by atoms with Gasteiger partial charge in [-0.15, -0.1) is 0 Å². The quantitative estimate of drug-likeness (QED) is 0.633. The van der Waals surface area contributed by atoms with Gasteiger partial charge in [0.1, 0.15) is 0 Å². The molecule has 0 bridgehead atoms. The maximum Gasteiger partial charge on any atom is 0.251 e. The number of amides is 1. The first kappa shape index (κ1) is 19.0. The molecule has 1 heterocycles. The highest BCUT2D eigenvalue weighted by Gasteiger charge is 2.13. The molecule has 0 radical (unpaired) electrons. The molecule has 5 nitrogen and oxygen atoms in total. The van der Waals surface area contributed by atoms with Crippen molar-refractivity contribution in [1.29, 1.82) is 0 Å². The number of carbonyl (C=O) groups is 1. The van der Waals surface area contributed by atoms with Gasteiger partial charge in [0.25, 0.3) is 5.91 Å². The molecule has 2 aromatic carbocycles. The van der Waals surface area contributed by atoms with Crippen molar-refractivity contribution in [2.75, 3.05) is 24.7 Å². The third-order valence-corrected chi connectivity index (χ3v) is 5.25. The zero-order chi connectivity index (χ0) is 19.2. The van der Waals surface area contributed by atoms with E-state index in [1.54, 1.807) is 18.0 Å². The van der Waals surface area contributed by atoms with Crippen LogP contribution >= 0.6 is 11.8 Å². The number of carbonyl (C=O) groups excluding carboxylic acids is 1. The number of para-hydroxylation sites is 1. The molecule has 0 fully saturated rings. The number of benzene rings is 2. The third-order valence-electron chi connectivity index (χ3n) is 4.58. The smallest absolute Gasteiger partial charge is 0.251 e. The van der Waals surface area contributed by atoms with Gasteiger partial charge < -0.3 is 10.2 Å². The van der Waals surface area contributed by atoms with E-state index in [9.17, 15) is 4.79 Å². The lowest BCUT2D eigenvalue weighted by Gasteiger charge is -2.27. The molecular formula is C21H24N4OS. The van der Waals surface area contributed by atoms with Crippen LogP contribution in [0, 0.1) is 0 Å². The Labute approximate surface area is 164 Å². The summed E-state index contributed by atoms with van der Waals surface area (Å²) in [6.45, 7) is 2.67. The number of thioether (sulfide) groups is 1. The molecule has 1 amide bonds. The fourth-order valence-corrected chi connectivity index (χ4v) is 3.34. The Hall–Kier alpha value is -2.73. The molecule has 0 aliphatic carbocycles. The zero-order valence-electron chi connectivity index (χ0n) is 15.8. The molecule has 140 valence electrons. The highest BCUT2D eigenvalue weighted by atomic mass is 32.2. The van der Waals surface area contributed by atoms with E-state index in [0.29, 0.717) is 12.1 Å². The summed E-state index contributed by atoms with van der Waals surface area (Å²) < 4.78 is 2.00. The summed E-state index contributed by atoms with van der Waals surface area (Å²) in [6, 6.07) is 17.9. The predicted octanol–water partition coefficient (Wildman–Crippen LogP) is 3.85. The molecule has 1 aromatic heterocycles. The van der Waals surface area contributed by atoms with Gasteiger partial charge in [-0.1, -0.05) is 30.0 Å². The van der Waals surface area contributed by atoms with E-state index in [1.165, 1.54) is 0 Å².